The molecule has 8 heteroatoms. The third-order valence-corrected chi connectivity index (χ3v) is 5.33. The van der Waals surface area contributed by atoms with Gasteiger partial charge in [0, 0.05) is 12.2 Å². The molecule has 1 unspecified atom stereocenters. The summed E-state index contributed by atoms with van der Waals surface area (Å²) in [6.45, 7) is 11.0. The van der Waals surface area contributed by atoms with Crippen molar-refractivity contribution in [3.63, 3.8) is 0 Å². The zero-order valence-corrected chi connectivity index (χ0v) is 21.5. The van der Waals surface area contributed by atoms with Crippen LogP contribution in [0.3, 0.4) is 0 Å². The van der Waals surface area contributed by atoms with Crippen molar-refractivity contribution < 1.29 is 24.2 Å². The number of nitrogens with one attached hydrogen (secondary N) is 2. The molecule has 35 heavy (non-hydrogen) atoms. The van der Waals surface area contributed by atoms with Gasteiger partial charge in [0.2, 0.25) is 5.91 Å². The van der Waals surface area contributed by atoms with Crippen molar-refractivity contribution in [1.29, 1.82) is 0 Å². The lowest BCUT2D eigenvalue weighted by Gasteiger charge is -2.32. The number of aryl methyl sites for hydroxylation is 2. The second kappa shape index (κ2) is 12.2. The molecule has 2 aromatic rings. The highest BCUT2D eigenvalue weighted by Gasteiger charge is 2.32. The van der Waals surface area contributed by atoms with Crippen LogP contribution in [0.5, 0.6) is 5.75 Å². The van der Waals surface area contributed by atoms with Crippen LogP contribution in [0.4, 0.5) is 10.5 Å². The van der Waals surface area contributed by atoms with E-state index in [4.69, 9.17) is 4.74 Å². The van der Waals surface area contributed by atoms with Gasteiger partial charge in [0.1, 0.15) is 23.9 Å². The maximum atomic E-state index is 13.7. The number of carbonyl (C=O) groups is 3. The Balaban J connectivity index is 2.39. The standard InChI is InChI=1S/C27H37N3O5/c1-7-8-15-30(22(32)17-28-26(34)35-27(4,5)6)24(20-13-10-14-21(31)16-20)25(33)29-23-18(2)11-9-12-19(23)3/h9-14,16,24,31H,7-8,15,17H2,1-6H3,(H,28,34)(H,29,33). The zero-order valence-electron chi connectivity index (χ0n) is 21.5. The molecule has 3 amide bonds. The Labute approximate surface area is 207 Å². The number of hydrogen-bond acceptors (Lipinski definition) is 5. The van der Waals surface area contributed by atoms with Crippen molar-refractivity contribution in [3.8, 4) is 5.75 Å². The fourth-order valence-corrected chi connectivity index (χ4v) is 3.66. The largest absolute Gasteiger partial charge is 0.508 e. The molecule has 3 N–H and O–H groups in total. The molecule has 0 aromatic heterocycles. The van der Waals surface area contributed by atoms with Gasteiger partial charge >= 0.3 is 6.09 Å². The van der Waals surface area contributed by atoms with Gasteiger partial charge in [-0.25, -0.2) is 4.79 Å². The van der Waals surface area contributed by atoms with Crippen LogP contribution < -0.4 is 10.6 Å². The average Bonchev–Trinajstić information content (AvgIpc) is 2.76. The van der Waals surface area contributed by atoms with Crippen molar-refractivity contribution in [2.45, 2.75) is 66.0 Å². The molecule has 0 bridgehead atoms. The summed E-state index contributed by atoms with van der Waals surface area (Å²) in [5, 5.41) is 15.6. The van der Waals surface area contributed by atoms with Crippen molar-refractivity contribution in [3.05, 3.63) is 59.2 Å². The van der Waals surface area contributed by atoms with E-state index in [0.717, 1.165) is 17.5 Å². The molecule has 0 heterocycles. The van der Waals surface area contributed by atoms with Gasteiger partial charge < -0.3 is 25.4 Å². The van der Waals surface area contributed by atoms with Crippen molar-refractivity contribution in [2.75, 3.05) is 18.4 Å². The number of unbranched alkanes of at least 4 members (excludes halogenated alkanes) is 1. The summed E-state index contributed by atoms with van der Waals surface area (Å²) in [5.41, 5.74) is 2.23. The summed E-state index contributed by atoms with van der Waals surface area (Å²) in [7, 11) is 0. The lowest BCUT2D eigenvalue weighted by atomic mass is 10.0. The van der Waals surface area contributed by atoms with E-state index in [-0.39, 0.29) is 12.3 Å². The van der Waals surface area contributed by atoms with Gasteiger partial charge in [0.25, 0.3) is 5.91 Å². The SMILES string of the molecule is CCCCN(C(=O)CNC(=O)OC(C)(C)C)C(C(=O)Nc1c(C)cccc1C)c1cccc(O)c1. The van der Waals surface area contributed by atoms with E-state index in [1.54, 1.807) is 32.9 Å². The van der Waals surface area contributed by atoms with E-state index >= 15 is 0 Å². The lowest BCUT2D eigenvalue weighted by molar-refractivity contribution is -0.138. The summed E-state index contributed by atoms with van der Waals surface area (Å²) in [4.78, 5) is 40.5. The van der Waals surface area contributed by atoms with E-state index in [2.05, 4.69) is 10.6 Å². The number of ether oxygens (including phenoxy) is 1. The van der Waals surface area contributed by atoms with Gasteiger partial charge in [-0.2, -0.15) is 0 Å². The number of aromatic hydroxyl groups is 1. The Morgan fingerprint density at radius 2 is 1.69 bits per heavy atom. The van der Waals surface area contributed by atoms with Gasteiger partial charge in [-0.15, -0.1) is 0 Å². The molecule has 0 radical (unpaired) electrons. The highest BCUT2D eigenvalue weighted by Crippen LogP contribution is 2.28. The number of carbonyl (C=O) groups excluding carboxylic acids is 3. The third kappa shape index (κ3) is 8.31. The molecule has 8 nitrogen and oxygen atoms in total. The number of para-hydroxylation sites is 1. The van der Waals surface area contributed by atoms with E-state index in [9.17, 15) is 19.5 Å². The molecule has 0 aliphatic carbocycles. The van der Waals surface area contributed by atoms with Gasteiger partial charge in [0.05, 0.1) is 0 Å². The van der Waals surface area contributed by atoms with Crippen LogP contribution in [0.15, 0.2) is 42.5 Å². The summed E-state index contributed by atoms with van der Waals surface area (Å²) in [5.74, 6) is -0.855. The zero-order chi connectivity index (χ0) is 26.2. The molecule has 0 aliphatic rings. The first-order chi connectivity index (χ1) is 16.4. The second-order valence-electron chi connectivity index (χ2n) is 9.55. The monoisotopic (exact) mass is 483 g/mol. The smallest absolute Gasteiger partial charge is 0.408 e. The molecule has 0 saturated carbocycles. The summed E-state index contributed by atoms with van der Waals surface area (Å²) < 4.78 is 5.23. The molecule has 190 valence electrons. The first kappa shape index (κ1) is 27.7. The molecule has 0 fully saturated rings. The Morgan fingerprint density at radius 3 is 2.26 bits per heavy atom. The quantitative estimate of drug-likeness (QED) is 0.473. The Morgan fingerprint density at radius 1 is 1.06 bits per heavy atom. The topological polar surface area (TPSA) is 108 Å². The molecule has 1 atom stereocenters. The molecular weight excluding hydrogens is 446 g/mol. The minimum atomic E-state index is -1.01. The number of phenolic OH excluding ortho intramolecular Hbond substituents is 1. The number of benzene rings is 2. The number of rotatable bonds is 9. The lowest BCUT2D eigenvalue weighted by Crippen LogP contribution is -2.47. The van der Waals surface area contributed by atoms with Crippen LogP contribution in [0.1, 0.15) is 63.3 Å². The van der Waals surface area contributed by atoms with Crippen LogP contribution >= 0.6 is 0 Å². The van der Waals surface area contributed by atoms with Crippen LogP contribution in [-0.2, 0) is 14.3 Å². The molecule has 0 spiro atoms. The highest BCUT2D eigenvalue weighted by atomic mass is 16.6. The molecule has 2 rings (SSSR count). The van der Waals surface area contributed by atoms with Gasteiger partial charge in [-0.1, -0.05) is 43.7 Å². The Hall–Kier alpha value is -3.55. The minimum Gasteiger partial charge on any atom is -0.508 e. The summed E-state index contributed by atoms with van der Waals surface area (Å²) in [6.07, 6.45) is 0.744. The molecular formula is C27H37N3O5. The Kier molecular flexibility index (Phi) is 9.68. The van der Waals surface area contributed by atoms with Gasteiger partial charge in [-0.05, 0) is 69.9 Å². The minimum absolute atomic E-state index is 0.0119. The van der Waals surface area contributed by atoms with Crippen molar-refractivity contribution in [2.24, 2.45) is 0 Å². The second-order valence-corrected chi connectivity index (χ2v) is 9.55. The maximum Gasteiger partial charge on any atom is 0.408 e. The van der Waals surface area contributed by atoms with Gasteiger partial charge in [-0.3, -0.25) is 9.59 Å². The summed E-state index contributed by atoms with van der Waals surface area (Å²) >= 11 is 0. The maximum absolute atomic E-state index is 13.7. The van der Waals surface area contributed by atoms with E-state index in [0.29, 0.717) is 24.2 Å². The number of alkyl carbamates (subject to hydrolysis) is 1. The number of amides is 3. The predicted octanol–water partition coefficient (Wildman–Crippen LogP) is 4.84. The third-order valence-electron chi connectivity index (χ3n) is 5.33. The number of phenols is 1. The number of nitrogens with zero attached hydrogens (tertiary/aromatic N) is 1. The average molecular weight is 484 g/mol. The number of anilines is 1. The fourth-order valence-electron chi connectivity index (χ4n) is 3.66. The number of hydrogen-bond donors (Lipinski definition) is 3. The van der Waals surface area contributed by atoms with Crippen LogP contribution in [0.2, 0.25) is 0 Å². The van der Waals surface area contributed by atoms with E-state index in [1.807, 2.05) is 39.0 Å². The molecule has 2 aromatic carbocycles. The van der Waals surface area contributed by atoms with Crippen LogP contribution in [0, 0.1) is 13.8 Å². The normalized spacial score (nSPS) is 11.9. The molecule has 0 aliphatic heterocycles. The fraction of sp³-hybridized carbons (Fsp3) is 0.444. The van der Waals surface area contributed by atoms with Crippen molar-refractivity contribution >= 4 is 23.6 Å². The van der Waals surface area contributed by atoms with Crippen molar-refractivity contribution in [1.82, 2.24) is 10.2 Å². The van der Waals surface area contributed by atoms with E-state index in [1.165, 1.54) is 17.0 Å². The van der Waals surface area contributed by atoms with Crippen LogP contribution in [-0.4, -0.2) is 46.6 Å². The van der Waals surface area contributed by atoms with Gasteiger partial charge in [0.15, 0.2) is 0 Å². The summed E-state index contributed by atoms with van der Waals surface area (Å²) in [6, 6.07) is 11.0. The van der Waals surface area contributed by atoms with Crippen LogP contribution in [0.25, 0.3) is 0 Å². The first-order valence-electron chi connectivity index (χ1n) is 11.8. The Bertz CT molecular complexity index is 1030. The first-order valence-corrected chi connectivity index (χ1v) is 11.8. The molecule has 0 saturated heterocycles. The predicted molar refractivity (Wildman–Crippen MR) is 136 cm³/mol. The van der Waals surface area contributed by atoms with E-state index < -0.39 is 29.6 Å². The highest BCUT2D eigenvalue weighted by molar-refractivity contribution is 5.99.